The third-order valence-electron chi connectivity index (χ3n) is 2.62. The zero-order valence-electron chi connectivity index (χ0n) is 9.35. The zero-order chi connectivity index (χ0) is 12.6. The number of hydrogen-bond acceptors (Lipinski definition) is 3. The lowest BCUT2D eigenvalue weighted by Gasteiger charge is -2.14. The molecule has 0 spiro atoms. The molecule has 90 valence electrons. The molecule has 1 unspecified atom stereocenters. The predicted molar refractivity (Wildman–Crippen MR) is 67.7 cm³/mol. The molecular formula is C11H13ClN4O. The van der Waals surface area contributed by atoms with Gasteiger partial charge in [-0.2, -0.15) is 0 Å². The second kappa shape index (κ2) is 4.25. The van der Waals surface area contributed by atoms with E-state index >= 15 is 0 Å². The summed E-state index contributed by atoms with van der Waals surface area (Å²) < 4.78 is 1.77. The van der Waals surface area contributed by atoms with Crippen LogP contribution in [0.2, 0.25) is 5.02 Å². The number of rotatable bonds is 3. The Kier molecular flexibility index (Phi) is 2.93. The van der Waals surface area contributed by atoms with E-state index in [4.69, 9.17) is 23.1 Å². The third kappa shape index (κ3) is 2.19. The normalized spacial score (nSPS) is 12.8. The Morgan fingerprint density at radius 3 is 2.94 bits per heavy atom. The van der Waals surface area contributed by atoms with Gasteiger partial charge in [-0.1, -0.05) is 11.6 Å². The fraction of sp³-hybridized carbons (Fsp3) is 0.273. The maximum atomic E-state index is 10.9. The average molecular weight is 253 g/mol. The fourth-order valence-corrected chi connectivity index (χ4v) is 2.10. The van der Waals surface area contributed by atoms with Crippen LogP contribution in [-0.2, 0) is 4.79 Å². The van der Waals surface area contributed by atoms with E-state index in [0.29, 0.717) is 11.0 Å². The van der Waals surface area contributed by atoms with E-state index in [2.05, 4.69) is 4.98 Å². The Balaban J connectivity index is 2.55. The molecule has 0 aliphatic rings. The van der Waals surface area contributed by atoms with Gasteiger partial charge in [0.15, 0.2) is 0 Å². The summed E-state index contributed by atoms with van der Waals surface area (Å²) in [6.45, 7) is 1.86. The Morgan fingerprint density at radius 2 is 2.29 bits per heavy atom. The van der Waals surface area contributed by atoms with Crippen LogP contribution in [0.15, 0.2) is 18.2 Å². The summed E-state index contributed by atoms with van der Waals surface area (Å²) in [6.07, 6.45) is 0.210. The second-order valence-electron chi connectivity index (χ2n) is 3.99. The smallest absolute Gasteiger partial charge is 0.219 e. The van der Waals surface area contributed by atoms with Gasteiger partial charge in [-0.15, -0.1) is 0 Å². The van der Waals surface area contributed by atoms with Crippen LogP contribution in [0.1, 0.15) is 19.4 Å². The molecule has 1 amide bonds. The van der Waals surface area contributed by atoms with E-state index in [9.17, 15) is 4.79 Å². The molecule has 1 aromatic carbocycles. The van der Waals surface area contributed by atoms with Crippen LogP contribution < -0.4 is 11.5 Å². The van der Waals surface area contributed by atoms with Gasteiger partial charge in [-0.05, 0) is 25.1 Å². The first kappa shape index (κ1) is 11.7. The molecule has 0 radical (unpaired) electrons. The van der Waals surface area contributed by atoms with Gasteiger partial charge in [0.25, 0.3) is 0 Å². The molecule has 17 heavy (non-hydrogen) atoms. The summed E-state index contributed by atoms with van der Waals surface area (Å²) in [5.41, 5.74) is 12.6. The first-order valence-electron chi connectivity index (χ1n) is 5.20. The summed E-state index contributed by atoms with van der Waals surface area (Å²) in [4.78, 5) is 15.2. The monoisotopic (exact) mass is 252 g/mol. The van der Waals surface area contributed by atoms with Crippen LogP contribution >= 0.6 is 11.6 Å². The van der Waals surface area contributed by atoms with Crippen molar-refractivity contribution < 1.29 is 4.79 Å². The first-order valence-corrected chi connectivity index (χ1v) is 5.58. The number of fused-ring (bicyclic) bond motifs is 1. The Bertz CT molecular complexity index is 578. The van der Waals surface area contributed by atoms with Crippen molar-refractivity contribution in [3.05, 3.63) is 23.2 Å². The van der Waals surface area contributed by atoms with Gasteiger partial charge >= 0.3 is 0 Å². The molecule has 4 N–H and O–H groups in total. The molecule has 2 aromatic rings. The number of amides is 1. The van der Waals surface area contributed by atoms with Gasteiger partial charge in [-0.3, -0.25) is 4.79 Å². The highest BCUT2D eigenvalue weighted by Gasteiger charge is 2.15. The number of imidazole rings is 1. The van der Waals surface area contributed by atoms with Gasteiger partial charge in [0.2, 0.25) is 11.9 Å². The molecule has 0 fully saturated rings. The average Bonchev–Trinajstić information content (AvgIpc) is 2.52. The number of nitrogen functional groups attached to an aromatic ring is 1. The van der Waals surface area contributed by atoms with E-state index < -0.39 is 0 Å². The summed E-state index contributed by atoms with van der Waals surface area (Å²) in [5.74, 6) is -0.0169. The van der Waals surface area contributed by atoms with Crippen molar-refractivity contribution in [1.29, 1.82) is 0 Å². The van der Waals surface area contributed by atoms with Crippen molar-refractivity contribution in [2.75, 3.05) is 5.73 Å². The minimum absolute atomic E-state index is 0.143. The van der Waals surface area contributed by atoms with Gasteiger partial charge in [-0.25, -0.2) is 4.98 Å². The molecule has 5 nitrogen and oxygen atoms in total. The third-order valence-corrected chi connectivity index (χ3v) is 2.85. The highest BCUT2D eigenvalue weighted by atomic mass is 35.5. The quantitative estimate of drug-likeness (QED) is 0.872. The van der Waals surface area contributed by atoms with E-state index in [0.717, 1.165) is 11.0 Å². The molecule has 0 saturated heterocycles. The molecule has 0 bridgehead atoms. The van der Waals surface area contributed by atoms with Crippen molar-refractivity contribution >= 4 is 34.5 Å². The van der Waals surface area contributed by atoms with Crippen molar-refractivity contribution in [2.24, 2.45) is 5.73 Å². The minimum atomic E-state index is -0.374. The van der Waals surface area contributed by atoms with E-state index in [-0.39, 0.29) is 18.4 Å². The molecule has 0 saturated carbocycles. The van der Waals surface area contributed by atoms with Crippen LogP contribution in [-0.4, -0.2) is 15.5 Å². The number of benzene rings is 1. The van der Waals surface area contributed by atoms with Crippen LogP contribution in [0.25, 0.3) is 11.0 Å². The molecule has 1 aromatic heterocycles. The van der Waals surface area contributed by atoms with Crippen LogP contribution in [0.4, 0.5) is 5.95 Å². The minimum Gasteiger partial charge on any atom is -0.370 e. The summed E-state index contributed by atoms with van der Waals surface area (Å²) in [6, 6.07) is 5.18. The summed E-state index contributed by atoms with van der Waals surface area (Å²) >= 11 is 5.94. The Morgan fingerprint density at radius 1 is 1.59 bits per heavy atom. The SMILES string of the molecule is CC(CC(N)=O)n1c(N)nc2ccc(Cl)cc21. The Labute approximate surface area is 103 Å². The highest BCUT2D eigenvalue weighted by molar-refractivity contribution is 6.31. The predicted octanol–water partition coefficient (Wildman–Crippen LogP) is 1.71. The number of carbonyl (C=O) groups excluding carboxylic acids is 1. The fourth-order valence-electron chi connectivity index (χ4n) is 1.93. The second-order valence-corrected chi connectivity index (χ2v) is 4.43. The van der Waals surface area contributed by atoms with Crippen LogP contribution in [0.3, 0.4) is 0 Å². The molecule has 1 atom stereocenters. The van der Waals surface area contributed by atoms with E-state index in [1.807, 2.05) is 6.92 Å². The van der Waals surface area contributed by atoms with Crippen molar-refractivity contribution in [3.63, 3.8) is 0 Å². The lowest BCUT2D eigenvalue weighted by molar-refractivity contribution is -0.118. The summed E-state index contributed by atoms with van der Waals surface area (Å²) in [5, 5.41) is 0.602. The number of nitrogens with two attached hydrogens (primary N) is 2. The number of primary amides is 1. The van der Waals surface area contributed by atoms with Crippen molar-refractivity contribution in [2.45, 2.75) is 19.4 Å². The maximum Gasteiger partial charge on any atom is 0.219 e. The molecule has 6 heteroatoms. The van der Waals surface area contributed by atoms with Crippen LogP contribution in [0, 0.1) is 0 Å². The number of carbonyl (C=O) groups is 1. The standard InChI is InChI=1S/C11H13ClN4O/c1-6(4-10(13)17)16-9-5-7(12)2-3-8(9)15-11(16)14/h2-3,5-6H,4H2,1H3,(H2,13,17)(H2,14,15). The zero-order valence-corrected chi connectivity index (χ0v) is 10.1. The Hall–Kier alpha value is -1.75. The van der Waals surface area contributed by atoms with Crippen molar-refractivity contribution in [1.82, 2.24) is 9.55 Å². The van der Waals surface area contributed by atoms with Gasteiger partial charge in [0, 0.05) is 17.5 Å². The molecular weight excluding hydrogens is 240 g/mol. The molecule has 0 aliphatic heterocycles. The molecule has 1 heterocycles. The lowest BCUT2D eigenvalue weighted by atomic mass is 10.2. The molecule has 2 rings (SSSR count). The number of hydrogen-bond donors (Lipinski definition) is 2. The highest BCUT2D eigenvalue weighted by Crippen LogP contribution is 2.26. The van der Waals surface area contributed by atoms with Crippen molar-refractivity contribution in [3.8, 4) is 0 Å². The number of nitrogens with zero attached hydrogens (tertiary/aromatic N) is 2. The number of anilines is 1. The van der Waals surface area contributed by atoms with Gasteiger partial charge < -0.3 is 16.0 Å². The first-order chi connectivity index (χ1) is 7.99. The van der Waals surface area contributed by atoms with Crippen LogP contribution in [0.5, 0.6) is 0 Å². The summed E-state index contributed by atoms with van der Waals surface area (Å²) in [7, 11) is 0. The number of aromatic nitrogens is 2. The number of halogens is 1. The van der Waals surface area contributed by atoms with E-state index in [1.165, 1.54) is 0 Å². The lowest BCUT2D eigenvalue weighted by Crippen LogP contribution is -2.18. The topological polar surface area (TPSA) is 86.9 Å². The van der Waals surface area contributed by atoms with E-state index in [1.54, 1.807) is 22.8 Å². The van der Waals surface area contributed by atoms with Gasteiger partial charge in [0.05, 0.1) is 11.0 Å². The molecule has 0 aliphatic carbocycles. The maximum absolute atomic E-state index is 10.9. The van der Waals surface area contributed by atoms with Gasteiger partial charge in [0.1, 0.15) is 0 Å². The largest absolute Gasteiger partial charge is 0.370 e.